The maximum Gasteiger partial charge on any atom is 0.0813 e. The van der Waals surface area contributed by atoms with Gasteiger partial charge in [0.15, 0.2) is 0 Å². The maximum atomic E-state index is 5.65. The molecule has 0 amide bonds. The van der Waals surface area contributed by atoms with E-state index in [1.807, 2.05) is 0 Å². The highest BCUT2D eigenvalue weighted by Gasteiger charge is 2.20. The Morgan fingerprint density at radius 1 is 1.29 bits per heavy atom. The Morgan fingerprint density at radius 3 is 2.76 bits per heavy atom. The summed E-state index contributed by atoms with van der Waals surface area (Å²) in [4.78, 5) is 5.65. The summed E-state index contributed by atoms with van der Waals surface area (Å²) in [6.45, 7) is 6.19. The lowest BCUT2D eigenvalue weighted by Crippen LogP contribution is -2.39. The van der Waals surface area contributed by atoms with E-state index in [1.165, 1.54) is 15.6 Å². The highest BCUT2D eigenvalue weighted by atomic mass is 79.9. The van der Waals surface area contributed by atoms with Crippen LogP contribution in [0.2, 0.25) is 0 Å². The van der Waals surface area contributed by atoms with E-state index in [4.69, 9.17) is 4.84 Å². The first-order chi connectivity index (χ1) is 7.94. The van der Waals surface area contributed by atoms with Gasteiger partial charge in [-0.25, -0.2) is 0 Å². The summed E-state index contributed by atoms with van der Waals surface area (Å²) in [5.41, 5.74) is 5.99. The molecule has 1 aliphatic carbocycles. The summed E-state index contributed by atoms with van der Waals surface area (Å²) in [7, 11) is 0. The van der Waals surface area contributed by atoms with Crippen LogP contribution in [0.5, 0.6) is 0 Å². The van der Waals surface area contributed by atoms with E-state index in [0.717, 1.165) is 19.3 Å². The zero-order valence-corrected chi connectivity index (χ0v) is 12.3. The second-order valence-electron chi connectivity index (χ2n) is 5.69. The van der Waals surface area contributed by atoms with E-state index in [0.29, 0.717) is 6.04 Å². The second kappa shape index (κ2) is 5.09. The standard InChI is InChI=1S/C14H20BrNO/c1-14(2,3)17-16-13-7-5-10-8-12(15)6-4-11(10)9-13/h4,6,8,13,16H,5,7,9H2,1-3H3. The first kappa shape index (κ1) is 13.1. The van der Waals surface area contributed by atoms with Crippen molar-refractivity contribution in [3.05, 3.63) is 33.8 Å². The van der Waals surface area contributed by atoms with Crippen LogP contribution < -0.4 is 5.48 Å². The fourth-order valence-electron chi connectivity index (χ4n) is 2.08. The van der Waals surface area contributed by atoms with Gasteiger partial charge in [0, 0.05) is 10.5 Å². The molecule has 2 nitrogen and oxygen atoms in total. The molecule has 0 saturated heterocycles. The number of hydrogen-bond donors (Lipinski definition) is 1. The van der Waals surface area contributed by atoms with Crippen LogP contribution in [-0.2, 0) is 17.7 Å². The van der Waals surface area contributed by atoms with Crippen LogP contribution in [-0.4, -0.2) is 11.6 Å². The fourth-order valence-corrected chi connectivity index (χ4v) is 2.49. The molecule has 0 aliphatic heterocycles. The van der Waals surface area contributed by atoms with Crippen LogP contribution in [0, 0.1) is 0 Å². The van der Waals surface area contributed by atoms with E-state index in [9.17, 15) is 0 Å². The van der Waals surface area contributed by atoms with Gasteiger partial charge in [0.2, 0.25) is 0 Å². The minimum atomic E-state index is -0.125. The molecule has 0 heterocycles. The van der Waals surface area contributed by atoms with Crippen molar-refractivity contribution in [2.45, 2.75) is 51.7 Å². The second-order valence-corrected chi connectivity index (χ2v) is 6.60. The predicted octanol–water partition coefficient (Wildman–Crippen LogP) is 3.63. The largest absolute Gasteiger partial charge is 0.296 e. The van der Waals surface area contributed by atoms with Gasteiger partial charge < -0.3 is 0 Å². The molecule has 94 valence electrons. The van der Waals surface area contributed by atoms with Gasteiger partial charge in [-0.3, -0.25) is 4.84 Å². The average molecular weight is 298 g/mol. The number of benzene rings is 1. The smallest absolute Gasteiger partial charge is 0.0813 e. The molecule has 1 N–H and O–H groups in total. The molecule has 0 spiro atoms. The highest BCUT2D eigenvalue weighted by molar-refractivity contribution is 9.10. The molecule has 0 saturated carbocycles. The van der Waals surface area contributed by atoms with Crippen LogP contribution in [0.1, 0.15) is 38.3 Å². The number of fused-ring (bicyclic) bond motifs is 1. The van der Waals surface area contributed by atoms with Crippen molar-refractivity contribution in [3.63, 3.8) is 0 Å². The first-order valence-corrected chi connectivity index (χ1v) is 6.94. The number of nitrogens with one attached hydrogen (secondary N) is 1. The van der Waals surface area contributed by atoms with Crippen molar-refractivity contribution >= 4 is 15.9 Å². The molecule has 1 aromatic carbocycles. The Morgan fingerprint density at radius 2 is 2.06 bits per heavy atom. The third kappa shape index (κ3) is 3.80. The number of rotatable bonds is 2. The van der Waals surface area contributed by atoms with Gasteiger partial charge in [-0.1, -0.05) is 22.0 Å². The molecule has 17 heavy (non-hydrogen) atoms. The average Bonchev–Trinajstić information content (AvgIpc) is 2.25. The lowest BCUT2D eigenvalue weighted by atomic mass is 9.89. The van der Waals surface area contributed by atoms with Crippen LogP contribution in [0.4, 0.5) is 0 Å². The zero-order chi connectivity index (χ0) is 12.5. The van der Waals surface area contributed by atoms with Gasteiger partial charge in [0.1, 0.15) is 0 Å². The SMILES string of the molecule is CC(C)(C)ONC1CCc2cc(Br)ccc2C1. The lowest BCUT2D eigenvalue weighted by molar-refractivity contribution is -0.0898. The van der Waals surface area contributed by atoms with Crippen molar-refractivity contribution in [2.75, 3.05) is 0 Å². The summed E-state index contributed by atoms with van der Waals surface area (Å²) in [6, 6.07) is 7.00. The molecule has 0 aromatic heterocycles. The van der Waals surface area contributed by atoms with Crippen molar-refractivity contribution in [3.8, 4) is 0 Å². The molecule has 2 rings (SSSR count). The highest BCUT2D eigenvalue weighted by Crippen LogP contribution is 2.25. The Bertz CT molecular complexity index is 398. The molecule has 0 radical (unpaired) electrons. The van der Waals surface area contributed by atoms with E-state index in [2.05, 4.69) is 60.4 Å². The number of aryl methyl sites for hydroxylation is 1. The predicted molar refractivity (Wildman–Crippen MR) is 73.9 cm³/mol. The molecular weight excluding hydrogens is 278 g/mol. The summed E-state index contributed by atoms with van der Waals surface area (Å²) in [6.07, 6.45) is 3.32. The fraction of sp³-hybridized carbons (Fsp3) is 0.571. The van der Waals surface area contributed by atoms with Gasteiger partial charge in [0.25, 0.3) is 0 Å². The van der Waals surface area contributed by atoms with Crippen LogP contribution in [0.15, 0.2) is 22.7 Å². The Kier molecular flexibility index (Phi) is 3.91. The summed E-state index contributed by atoms with van der Waals surface area (Å²) in [5, 5.41) is 0. The van der Waals surface area contributed by atoms with Crippen molar-refractivity contribution in [2.24, 2.45) is 0 Å². The van der Waals surface area contributed by atoms with Crippen molar-refractivity contribution in [1.82, 2.24) is 5.48 Å². The lowest BCUT2D eigenvalue weighted by Gasteiger charge is -2.29. The normalized spacial score (nSPS) is 20.1. The molecule has 1 aliphatic rings. The Hall–Kier alpha value is -0.380. The third-order valence-electron chi connectivity index (χ3n) is 2.93. The minimum absolute atomic E-state index is 0.125. The van der Waals surface area contributed by atoms with Crippen LogP contribution >= 0.6 is 15.9 Å². The van der Waals surface area contributed by atoms with E-state index >= 15 is 0 Å². The summed E-state index contributed by atoms with van der Waals surface area (Å²) >= 11 is 3.52. The van der Waals surface area contributed by atoms with Gasteiger partial charge >= 0.3 is 0 Å². The topological polar surface area (TPSA) is 21.3 Å². The van der Waals surface area contributed by atoms with Crippen LogP contribution in [0.25, 0.3) is 0 Å². The quantitative estimate of drug-likeness (QED) is 0.842. The van der Waals surface area contributed by atoms with Gasteiger partial charge in [-0.2, -0.15) is 5.48 Å². The Balaban J connectivity index is 1.97. The van der Waals surface area contributed by atoms with E-state index in [-0.39, 0.29) is 5.60 Å². The molecule has 1 atom stereocenters. The minimum Gasteiger partial charge on any atom is -0.296 e. The number of hydrogen-bond acceptors (Lipinski definition) is 2. The van der Waals surface area contributed by atoms with Crippen molar-refractivity contribution < 1.29 is 4.84 Å². The molecule has 0 fully saturated rings. The molecule has 3 heteroatoms. The maximum absolute atomic E-state index is 5.65. The summed E-state index contributed by atoms with van der Waals surface area (Å²) < 4.78 is 1.17. The van der Waals surface area contributed by atoms with Crippen molar-refractivity contribution in [1.29, 1.82) is 0 Å². The zero-order valence-electron chi connectivity index (χ0n) is 10.7. The number of halogens is 1. The van der Waals surface area contributed by atoms with Crippen LogP contribution in [0.3, 0.4) is 0 Å². The molecule has 0 bridgehead atoms. The Labute approximate surface area is 112 Å². The first-order valence-electron chi connectivity index (χ1n) is 6.15. The van der Waals surface area contributed by atoms with Gasteiger partial charge in [-0.05, 0) is 63.3 Å². The number of hydroxylamine groups is 1. The molecule has 1 unspecified atom stereocenters. The van der Waals surface area contributed by atoms with Gasteiger partial charge in [-0.15, -0.1) is 0 Å². The monoisotopic (exact) mass is 297 g/mol. The molecule has 1 aromatic rings. The van der Waals surface area contributed by atoms with E-state index < -0.39 is 0 Å². The molecular formula is C14H20BrNO. The van der Waals surface area contributed by atoms with Gasteiger partial charge in [0.05, 0.1) is 5.60 Å². The van der Waals surface area contributed by atoms with E-state index in [1.54, 1.807) is 0 Å². The summed E-state index contributed by atoms with van der Waals surface area (Å²) in [5.74, 6) is 0. The third-order valence-corrected chi connectivity index (χ3v) is 3.42.